The maximum absolute atomic E-state index is 6.07. The lowest BCUT2D eigenvalue weighted by Crippen LogP contribution is -2.33. The van der Waals surface area contributed by atoms with Crippen LogP contribution in [0, 0.1) is 6.92 Å². The van der Waals surface area contributed by atoms with E-state index in [0.717, 1.165) is 23.7 Å². The summed E-state index contributed by atoms with van der Waals surface area (Å²) >= 11 is 7.98. The van der Waals surface area contributed by atoms with Crippen LogP contribution >= 0.6 is 23.4 Å². The molecule has 2 rings (SSSR count). The molecule has 1 unspecified atom stereocenters. The van der Waals surface area contributed by atoms with Crippen molar-refractivity contribution >= 4 is 23.4 Å². The van der Waals surface area contributed by atoms with Crippen molar-refractivity contribution in [3.8, 4) is 0 Å². The predicted octanol–water partition coefficient (Wildman–Crippen LogP) is 4.96. The molecule has 0 saturated carbocycles. The lowest BCUT2D eigenvalue weighted by atomic mass is 10.1. The summed E-state index contributed by atoms with van der Waals surface area (Å²) in [5.74, 6) is 1.06. The van der Waals surface area contributed by atoms with Gasteiger partial charge in [-0.3, -0.25) is 0 Å². The first kappa shape index (κ1) is 16.4. The van der Waals surface area contributed by atoms with Gasteiger partial charge in [-0.25, -0.2) is 0 Å². The second-order valence-electron chi connectivity index (χ2n) is 5.22. The highest BCUT2D eigenvalue weighted by atomic mass is 35.5. The largest absolute Gasteiger partial charge is 0.313 e. The Morgan fingerprint density at radius 3 is 2.67 bits per heavy atom. The molecule has 0 spiro atoms. The third-order valence-electron chi connectivity index (χ3n) is 3.30. The van der Waals surface area contributed by atoms with Crippen molar-refractivity contribution in [3.05, 3.63) is 64.7 Å². The molecule has 0 aliphatic heterocycles. The van der Waals surface area contributed by atoms with Crippen LogP contribution in [0.1, 0.15) is 18.1 Å². The molecule has 0 aliphatic carbocycles. The zero-order chi connectivity index (χ0) is 15.1. The molecule has 1 atom stereocenters. The molecule has 2 aromatic carbocycles. The number of hydrogen-bond donors (Lipinski definition) is 1. The predicted molar refractivity (Wildman–Crippen MR) is 94.5 cm³/mol. The number of hydrogen-bond acceptors (Lipinski definition) is 2. The lowest BCUT2D eigenvalue weighted by Gasteiger charge is -2.18. The molecule has 0 heterocycles. The van der Waals surface area contributed by atoms with Crippen molar-refractivity contribution in [2.45, 2.75) is 31.2 Å². The van der Waals surface area contributed by atoms with Crippen molar-refractivity contribution in [1.29, 1.82) is 0 Å². The number of likely N-dealkylation sites (N-methyl/N-ethyl adjacent to an activating group) is 1. The maximum Gasteiger partial charge on any atom is 0.0408 e. The molecule has 1 nitrogen and oxygen atoms in total. The summed E-state index contributed by atoms with van der Waals surface area (Å²) < 4.78 is 0. The van der Waals surface area contributed by atoms with E-state index < -0.39 is 0 Å². The monoisotopic (exact) mass is 319 g/mol. The molecule has 0 aromatic heterocycles. The van der Waals surface area contributed by atoms with Crippen LogP contribution in [0.15, 0.2) is 53.4 Å². The van der Waals surface area contributed by atoms with Crippen LogP contribution in [0.25, 0.3) is 0 Å². The molecule has 3 heteroatoms. The number of halogens is 1. The lowest BCUT2D eigenvalue weighted by molar-refractivity contribution is 0.572. The van der Waals surface area contributed by atoms with E-state index in [-0.39, 0.29) is 0 Å². The van der Waals surface area contributed by atoms with Crippen molar-refractivity contribution in [3.63, 3.8) is 0 Å². The van der Waals surface area contributed by atoms with Gasteiger partial charge in [-0.15, -0.1) is 11.8 Å². The zero-order valence-electron chi connectivity index (χ0n) is 12.6. The summed E-state index contributed by atoms with van der Waals surface area (Å²) in [5.41, 5.74) is 2.60. The van der Waals surface area contributed by atoms with Gasteiger partial charge in [0.2, 0.25) is 0 Å². The molecular weight excluding hydrogens is 298 g/mol. The van der Waals surface area contributed by atoms with Crippen LogP contribution in [0.2, 0.25) is 5.02 Å². The Morgan fingerprint density at radius 1 is 1.14 bits per heavy atom. The normalized spacial score (nSPS) is 12.3. The maximum atomic E-state index is 6.07. The van der Waals surface area contributed by atoms with Crippen LogP contribution in [0.4, 0.5) is 0 Å². The Labute approximate surface area is 137 Å². The number of benzene rings is 2. The first-order valence-corrected chi connectivity index (χ1v) is 8.71. The number of aryl methyl sites for hydroxylation is 1. The van der Waals surface area contributed by atoms with Gasteiger partial charge in [0.25, 0.3) is 0 Å². The van der Waals surface area contributed by atoms with Gasteiger partial charge < -0.3 is 5.32 Å². The second-order valence-corrected chi connectivity index (χ2v) is 6.75. The SMILES string of the molecule is CCNC(CSc1cccc(C)c1)Cc1cccc(Cl)c1. The van der Waals surface area contributed by atoms with E-state index >= 15 is 0 Å². The molecule has 0 saturated heterocycles. The fraction of sp³-hybridized carbons (Fsp3) is 0.333. The van der Waals surface area contributed by atoms with Crippen LogP contribution in [0.3, 0.4) is 0 Å². The van der Waals surface area contributed by atoms with Gasteiger partial charge in [0.1, 0.15) is 0 Å². The summed E-state index contributed by atoms with van der Waals surface area (Å²) in [4.78, 5) is 1.34. The van der Waals surface area contributed by atoms with Crippen LogP contribution in [-0.4, -0.2) is 18.3 Å². The number of nitrogens with one attached hydrogen (secondary N) is 1. The summed E-state index contributed by atoms with van der Waals surface area (Å²) in [6, 6.07) is 17.3. The molecule has 0 radical (unpaired) electrons. The second kappa shape index (κ2) is 8.47. The Morgan fingerprint density at radius 2 is 1.95 bits per heavy atom. The molecule has 1 N–H and O–H groups in total. The highest BCUT2D eigenvalue weighted by molar-refractivity contribution is 7.99. The molecule has 112 valence electrons. The molecule has 0 amide bonds. The van der Waals surface area contributed by atoms with E-state index in [2.05, 4.69) is 55.6 Å². The average Bonchev–Trinajstić information content (AvgIpc) is 2.45. The minimum Gasteiger partial charge on any atom is -0.313 e. The van der Waals surface area contributed by atoms with Crippen LogP contribution in [-0.2, 0) is 6.42 Å². The van der Waals surface area contributed by atoms with Crippen molar-refractivity contribution < 1.29 is 0 Å². The van der Waals surface area contributed by atoms with E-state index in [1.165, 1.54) is 16.0 Å². The third-order valence-corrected chi connectivity index (χ3v) is 4.70. The average molecular weight is 320 g/mol. The molecule has 2 aromatic rings. The summed E-state index contributed by atoms with van der Waals surface area (Å²) in [5, 5.41) is 4.39. The fourth-order valence-corrected chi connectivity index (χ4v) is 3.62. The van der Waals surface area contributed by atoms with Gasteiger partial charge in [0, 0.05) is 21.7 Å². The topological polar surface area (TPSA) is 12.0 Å². The first-order chi connectivity index (χ1) is 10.2. The van der Waals surface area contributed by atoms with E-state index in [0.29, 0.717) is 6.04 Å². The molecule has 21 heavy (non-hydrogen) atoms. The van der Waals surface area contributed by atoms with Crippen molar-refractivity contribution in [2.75, 3.05) is 12.3 Å². The molecule has 0 fully saturated rings. The van der Waals surface area contributed by atoms with Gasteiger partial charge in [0.15, 0.2) is 0 Å². The number of thioether (sulfide) groups is 1. The van der Waals surface area contributed by atoms with Crippen molar-refractivity contribution in [1.82, 2.24) is 5.32 Å². The molecule has 0 bridgehead atoms. The highest BCUT2D eigenvalue weighted by Crippen LogP contribution is 2.21. The summed E-state index contributed by atoms with van der Waals surface area (Å²) in [6.07, 6.45) is 1.01. The van der Waals surface area contributed by atoms with Gasteiger partial charge in [-0.1, -0.05) is 48.4 Å². The fourth-order valence-electron chi connectivity index (χ4n) is 2.33. The summed E-state index contributed by atoms with van der Waals surface area (Å²) in [6.45, 7) is 5.28. The van der Waals surface area contributed by atoms with E-state index in [1.54, 1.807) is 0 Å². The Hall–Kier alpha value is -0.960. The quantitative estimate of drug-likeness (QED) is 0.724. The van der Waals surface area contributed by atoms with E-state index in [9.17, 15) is 0 Å². The number of rotatable bonds is 7. The standard InChI is InChI=1S/C18H22ClNS/c1-3-20-17(12-15-7-5-8-16(19)11-15)13-21-18-9-4-6-14(2)10-18/h4-11,17,20H,3,12-13H2,1-2H3. The minimum absolute atomic E-state index is 0.457. The molecular formula is C18H22ClNS. The van der Waals surface area contributed by atoms with Crippen LogP contribution < -0.4 is 5.32 Å². The smallest absolute Gasteiger partial charge is 0.0408 e. The Kier molecular flexibility index (Phi) is 6.62. The van der Waals surface area contributed by atoms with Gasteiger partial charge in [-0.2, -0.15) is 0 Å². The minimum atomic E-state index is 0.457. The van der Waals surface area contributed by atoms with Crippen LogP contribution in [0.5, 0.6) is 0 Å². The third kappa shape index (κ3) is 5.74. The first-order valence-electron chi connectivity index (χ1n) is 7.34. The highest BCUT2D eigenvalue weighted by Gasteiger charge is 2.09. The van der Waals surface area contributed by atoms with E-state index in [1.807, 2.05) is 23.9 Å². The zero-order valence-corrected chi connectivity index (χ0v) is 14.2. The van der Waals surface area contributed by atoms with Gasteiger partial charge in [-0.05, 0) is 49.7 Å². The Balaban J connectivity index is 1.95. The Bertz CT molecular complexity index is 571. The summed E-state index contributed by atoms with van der Waals surface area (Å²) in [7, 11) is 0. The van der Waals surface area contributed by atoms with Gasteiger partial charge >= 0.3 is 0 Å². The van der Waals surface area contributed by atoms with Gasteiger partial charge in [0.05, 0.1) is 0 Å². The van der Waals surface area contributed by atoms with Crippen molar-refractivity contribution in [2.24, 2.45) is 0 Å². The molecule has 0 aliphatic rings. The van der Waals surface area contributed by atoms with E-state index in [4.69, 9.17) is 11.6 Å².